The maximum Gasteiger partial charge on any atom is 0.254 e. The summed E-state index contributed by atoms with van der Waals surface area (Å²) in [5.74, 6) is -0.456. The molecule has 0 aliphatic heterocycles. The van der Waals surface area contributed by atoms with Gasteiger partial charge in [-0.25, -0.2) is 0 Å². The zero-order valence-corrected chi connectivity index (χ0v) is 17.1. The second-order valence-electron chi connectivity index (χ2n) is 5.84. The highest BCUT2D eigenvalue weighted by Crippen LogP contribution is 2.30. The van der Waals surface area contributed by atoms with Gasteiger partial charge in [0.05, 0.1) is 10.6 Å². The molecule has 138 valence electrons. The van der Waals surface area contributed by atoms with Crippen LogP contribution in [0.2, 0.25) is 5.02 Å². The van der Waals surface area contributed by atoms with E-state index in [1.165, 1.54) is 5.56 Å². The predicted molar refractivity (Wildman–Crippen MR) is 110 cm³/mol. The van der Waals surface area contributed by atoms with Crippen LogP contribution in [0.3, 0.4) is 0 Å². The van der Waals surface area contributed by atoms with Gasteiger partial charge in [-0.2, -0.15) is 0 Å². The van der Waals surface area contributed by atoms with E-state index in [1.54, 1.807) is 24.3 Å². The summed E-state index contributed by atoms with van der Waals surface area (Å²) in [7, 11) is 0. The molecule has 0 aliphatic carbocycles. The average Bonchev–Trinajstić information content (AvgIpc) is 2.56. The number of carbonyl (C=O) groups excluding carboxylic acids is 1. The highest BCUT2D eigenvalue weighted by Gasteiger charge is 2.34. The average molecular weight is 432 g/mol. The van der Waals surface area contributed by atoms with Crippen molar-refractivity contribution in [2.45, 2.75) is 23.3 Å². The lowest BCUT2D eigenvalue weighted by atomic mass is 10.1. The minimum atomic E-state index is -1.78. The van der Waals surface area contributed by atoms with Crippen LogP contribution in [0.15, 0.2) is 60.8 Å². The van der Waals surface area contributed by atoms with Crippen LogP contribution in [-0.2, 0) is 6.42 Å². The number of halogens is 4. The molecule has 2 aromatic carbocycles. The molecule has 1 unspecified atom stereocenters. The van der Waals surface area contributed by atoms with Crippen molar-refractivity contribution in [3.63, 3.8) is 0 Å². The molecule has 3 nitrogen and oxygen atoms in total. The lowest BCUT2D eigenvalue weighted by Crippen LogP contribution is -2.53. The maximum atomic E-state index is 12.5. The number of hydrogen-bond acceptors (Lipinski definition) is 2. The van der Waals surface area contributed by atoms with E-state index in [9.17, 15) is 4.79 Å². The Bertz CT molecular complexity index is 785. The first-order valence-corrected chi connectivity index (χ1v) is 9.30. The van der Waals surface area contributed by atoms with Crippen LogP contribution in [0.5, 0.6) is 0 Å². The van der Waals surface area contributed by atoms with Gasteiger partial charge >= 0.3 is 0 Å². The fourth-order valence-electron chi connectivity index (χ4n) is 2.26. The fourth-order valence-corrected chi connectivity index (χ4v) is 2.81. The maximum absolute atomic E-state index is 12.5. The van der Waals surface area contributed by atoms with Crippen molar-refractivity contribution in [3.05, 3.63) is 82.5 Å². The molecule has 0 bridgehead atoms. The molecule has 26 heavy (non-hydrogen) atoms. The molecule has 0 saturated heterocycles. The summed E-state index contributed by atoms with van der Waals surface area (Å²) in [5, 5.41) is 5.94. The molecule has 1 amide bonds. The zero-order chi connectivity index (χ0) is 19.3. The third-order valence-electron chi connectivity index (χ3n) is 3.61. The van der Waals surface area contributed by atoms with E-state index < -0.39 is 15.9 Å². The largest absolute Gasteiger partial charge is 0.365 e. The topological polar surface area (TPSA) is 41.1 Å². The van der Waals surface area contributed by atoms with Crippen LogP contribution in [0.4, 0.5) is 0 Å². The Morgan fingerprint density at radius 1 is 1.08 bits per heavy atom. The summed E-state index contributed by atoms with van der Waals surface area (Å²) in [4.78, 5) is 12.5. The molecule has 2 aromatic rings. The second-order valence-corrected chi connectivity index (χ2v) is 8.61. The van der Waals surface area contributed by atoms with Gasteiger partial charge in [0, 0.05) is 12.1 Å². The standard InChI is InChI=1S/C19H18Cl4N2O/c1-12-7-9-14(10-8-12)11-13(2)24-18(19(21,22)23)25-17(26)15-5-3-4-6-16(15)20/h3-10,18,24H,2,11H2,1H3,(H,25,26). The summed E-state index contributed by atoms with van der Waals surface area (Å²) in [5.41, 5.74) is 3.11. The molecule has 0 saturated carbocycles. The molecule has 0 aliphatic rings. The highest BCUT2D eigenvalue weighted by molar-refractivity contribution is 6.68. The van der Waals surface area contributed by atoms with Crippen molar-refractivity contribution in [1.29, 1.82) is 0 Å². The van der Waals surface area contributed by atoms with E-state index >= 15 is 0 Å². The Morgan fingerprint density at radius 3 is 2.27 bits per heavy atom. The third kappa shape index (κ3) is 6.10. The quantitative estimate of drug-likeness (QED) is 0.473. The van der Waals surface area contributed by atoms with E-state index in [-0.39, 0.29) is 0 Å². The monoisotopic (exact) mass is 430 g/mol. The summed E-state index contributed by atoms with van der Waals surface area (Å²) < 4.78 is -1.78. The van der Waals surface area contributed by atoms with E-state index in [2.05, 4.69) is 17.2 Å². The Kier molecular flexibility index (Phi) is 7.24. The Morgan fingerprint density at radius 2 is 1.69 bits per heavy atom. The van der Waals surface area contributed by atoms with Crippen LogP contribution < -0.4 is 10.6 Å². The van der Waals surface area contributed by atoms with Crippen molar-refractivity contribution in [3.8, 4) is 0 Å². The van der Waals surface area contributed by atoms with Crippen molar-refractivity contribution in [1.82, 2.24) is 10.6 Å². The molecule has 1 atom stereocenters. The van der Waals surface area contributed by atoms with Gasteiger partial charge in [0.1, 0.15) is 6.17 Å². The minimum absolute atomic E-state index is 0.291. The van der Waals surface area contributed by atoms with Gasteiger partial charge < -0.3 is 10.6 Å². The molecule has 0 fully saturated rings. The number of amides is 1. The van der Waals surface area contributed by atoms with Crippen LogP contribution in [0.25, 0.3) is 0 Å². The van der Waals surface area contributed by atoms with Crippen molar-refractivity contribution in [2.24, 2.45) is 0 Å². The summed E-state index contributed by atoms with van der Waals surface area (Å²) in [6.07, 6.45) is -0.450. The van der Waals surface area contributed by atoms with Gasteiger partial charge in [0.25, 0.3) is 5.91 Å². The van der Waals surface area contributed by atoms with E-state index in [0.29, 0.717) is 22.7 Å². The number of rotatable bonds is 6. The van der Waals surface area contributed by atoms with E-state index in [4.69, 9.17) is 46.4 Å². The summed E-state index contributed by atoms with van der Waals surface area (Å²) in [6, 6.07) is 14.6. The van der Waals surface area contributed by atoms with Gasteiger partial charge in [0.15, 0.2) is 0 Å². The molecule has 0 aromatic heterocycles. The number of nitrogens with one attached hydrogen (secondary N) is 2. The lowest BCUT2D eigenvalue weighted by Gasteiger charge is -2.28. The Labute approximate surface area is 173 Å². The van der Waals surface area contributed by atoms with E-state index in [1.807, 2.05) is 31.2 Å². The van der Waals surface area contributed by atoms with E-state index in [0.717, 1.165) is 5.56 Å². The normalized spacial score (nSPS) is 12.3. The van der Waals surface area contributed by atoms with Gasteiger partial charge in [-0.15, -0.1) is 0 Å². The first kappa shape index (κ1) is 20.9. The molecular weight excluding hydrogens is 414 g/mol. The molecule has 7 heteroatoms. The molecule has 0 radical (unpaired) electrons. The van der Waals surface area contributed by atoms with Crippen molar-refractivity contribution >= 4 is 52.3 Å². The number of benzene rings is 2. The zero-order valence-electron chi connectivity index (χ0n) is 14.0. The lowest BCUT2D eigenvalue weighted by molar-refractivity contribution is 0.0932. The number of alkyl halides is 3. The number of carbonyl (C=O) groups is 1. The molecule has 2 N–H and O–H groups in total. The van der Waals surface area contributed by atoms with Crippen LogP contribution in [0.1, 0.15) is 21.5 Å². The number of aryl methyl sites for hydroxylation is 1. The number of hydrogen-bond donors (Lipinski definition) is 2. The smallest absolute Gasteiger partial charge is 0.254 e. The SMILES string of the molecule is C=C(Cc1ccc(C)cc1)NC(NC(=O)c1ccccc1Cl)C(Cl)(Cl)Cl. The van der Waals surface area contributed by atoms with Crippen molar-refractivity contribution in [2.75, 3.05) is 0 Å². The first-order chi connectivity index (χ1) is 12.2. The number of allylic oxidation sites excluding steroid dienone is 1. The molecule has 2 rings (SSSR count). The van der Waals surface area contributed by atoms with Gasteiger partial charge in [-0.3, -0.25) is 4.79 Å². The fraction of sp³-hybridized carbons (Fsp3) is 0.211. The van der Waals surface area contributed by atoms with Gasteiger partial charge in [-0.05, 0) is 24.6 Å². The minimum Gasteiger partial charge on any atom is -0.365 e. The first-order valence-electron chi connectivity index (χ1n) is 7.79. The molecular formula is C19H18Cl4N2O. The predicted octanol–water partition coefficient (Wildman–Crippen LogP) is 5.42. The Balaban J connectivity index is 2.07. The van der Waals surface area contributed by atoms with Gasteiger partial charge in [0.2, 0.25) is 3.79 Å². The summed E-state index contributed by atoms with van der Waals surface area (Å²) in [6.45, 7) is 5.97. The molecule has 0 heterocycles. The third-order valence-corrected chi connectivity index (χ3v) is 4.59. The van der Waals surface area contributed by atoms with Crippen LogP contribution in [0, 0.1) is 6.92 Å². The van der Waals surface area contributed by atoms with Crippen LogP contribution >= 0.6 is 46.4 Å². The Hall–Kier alpha value is -1.39. The highest BCUT2D eigenvalue weighted by atomic mass is 35.6. The summed E-state index contributed by atoms with van der Waals surface area (Å²) >= 11 is 24.1. The second kappa shape index (κ2) is 9.01. The van der Waals surface area contributed by atoms with Gasteiger partial charge in [-0.1, -0.05) is 94.9 Å². The van der Waals surface area contributed by atoms with Crippen LogP contribution in [-0.4, -0.2) is 15.9 Å². The van der Waals surface area contributed by atoms with Crippen molar-refractivity contribution < 1.29 is 4.79 Å². The molecule has 0 spiro atoms.